The minimum absolute atomic E-state index is 0.0192. The zero-order valence-electron chi connectivity index (χ0n) is 16.1. The molecule has 0 bridgehead atoms. The van der Waals surface area contributed by atoms with E-state index in [0.29, 0.717) is 41.3 Å². The molecule has 4 rings (SSSR count). The Morgan fingerprint density at radius 3 is 2.57 bits per heavy atom. The van der Waals surface area contributed by atoms with Crippen LogP contribution in [0.4, 0.5) is 4.39 Å². The summed E-state index contributed by atoms with van der Waals surface area (Å²) in [7, 11) is 0. The average molecular weight is 447 g/mol. The molecule has 30 heavy (non-hydrogen) atoms. The third kappa shape index (κ3) is 5.19. The highest BCUT2D eigenvalue weighted by Gasteiger charge is 2.23. The summed E-state index contributed by atoms with van der Waals surface area (Å²) in [5.74, 6) is 1.02. The number of hydrogen-bond donors (Lipinski definition) is 0. The standard InChI is InChI=1S/C21H20ClFN4O2S/c22-16-7-5-15(6-8-16)21-24-19(29-25-21)13-26-9-11-27(12-10-26)20(28)14-30-18-4-2-1-3-17(18)23/h1-8H,9-14H2. The van der Waals surface area contributed by atoms with Gasteiger partial charge in [0.25, 0.3) is 0 Å². The summed E-state index contributed by atoms with van der Waals surface area (Å²) in [5, 5.41) is 4.69. The minimum atomic E-state index is -0.294. The number of amides is 1. The fourth-order valence-corrected chi connectivity index (χ4v) is 4.14. The van der Waals surface area contributed by atoms with Crippen molar-refractivity contribution in [1.29, 1.82) is 0 Å². The number of rotatable bonds is 6. The molecule has 0 aliphatic carbocycles. The summed E-state index contributed by atoms with van der Waals surface area (Å²) in [6.07, 6.45) is 0. The maximum Gasteiger partial charge on any atom is 0.241 e. The van der Waals surface area contributed by atoms with E-state index in [0.717, 1.165) is 18.7 Å². The minimum Gasteiger partial charge on any atom is -0.339 e. The molecule has 1 aromatic heterocycles. The van der Waals surface area contributed by atoms with E-state index in [1.54, 1.807) is 30.3 Å². The molecular formula is C21H20ClFN4O2S. The number of thioether (sulfide) groups is 1. The quantitative estimate of drug-likeness (QED) is 0.534. The molecule has 0 N–H and O–H groups in total. The van der Waals surface area contributed by atoms with Crippen LogP contribution in [-0.4, -0.2) is 57.8 Å². The summed E-state index contributed by atoms with van der Waals surface area (Å²) in [6.45, 7) is 3.21. The van der Waals surface area contributed by atoms with Gasteiger partial charge in [0.15, 0.2) is 0 Å². The zero-order chi connectivity index (χ0) is 20.9. The highest BCUT2D eigenvalue weighted by molar-refractivity contribution is 8.00. The smallest absolute Gasteiger partial charge is 0.241 e. The van der Waals surface area contributed by atoms with Crippen LogP contribution in [0.1, 0.15) is 5.89 Å². The fraction of sp³-hybridized carbons (Fsp3) is 0.286. The summed E-state index contributed by atoms with van der Waals surface area (Å²) in [5.41, 5.74) is 0.845. The van der Waals surface area contributed by atoms with Crippen LogP contribution in [0.15, 0.2) is 57.9 Å². The van der Waals surface area contributed by atoms with Crippen LogP contribution in [-0.2, 0) is 11.3 Å². The van der Waals surface area contributed by atoms with Gasteiger partial charge in [0.1, 0.15) is 5.82 Å². The molecule has 9 heteroatoms. The number of nitrogens with zero attached hydrogens (tertiary/aromatic N) is 4. The van der Waals surface area contributed by atoms with E-state index in [4.69, 9.17) is 16.1 Å². The maximum absolute atomic E-state index is 13.7. The van der Waals surface area contributed by atoms with Gasteiger partial charge in [0.05, 0.1) is 12.3 Å². The predicted molar refractivity (Wildman–Crippen MR) is 114 cm³/mol. The lowest BCUT2D eigenvalue weighted by Gasteiger charge is -2.33. The van der Waals surface area contributed by atoms with Gasteiger partial charge in [0, 0.05) is 41.7 Å². The Labute approximate surface area is 183 Å². The largest absolute Gasteiger partial charge is 0.339 e. The van der Waals surface area contributed by atoms with Crippen molar-refractivity contribution >= 4 is 29.3 Å². The Morgan fingerprint density at radius 1 is 1.10 bits per heavy atom. The SMILES string of the molecule is O=C(CSc1ccccc1F)N1CCN(Cc2nc(-c3ccc(Cl)cc3)no2)CC1. The number of benzene rings is 2. The van der Waals surface area contributed by atoms with E-state index in [1.165, 1.54) is 17.8 Å². The molecule has 1 saturated heterocycles. The van der Waals surface area contributed by atoms with Crippen molar-refractivity contribution in [2.75, 3.05) is 31.9 Å². The molecule has 1 fully saturated rings. The van der Waals surface area contributed by atoms with Crippen LogP contribution in [0.25, 0.3) is 11.4 Å². The second-order valence-electron chi connectivity index (χ2n) is 6.89. The van der Waals surface area contributed by atoms with Gasteiger partial charge < -0.3 is 9.42 Å². The molecule has 6 nitrogen and oxygen atoms in total. The second-order valence-corrected chi connectivity index (χ2v) is 8.35. The topological polar surface area (TPSA) is 62.5 Å². The van der Waals surface area contributed by atoms with Gasteiger partial charge in [-0.05, 0) is 36.4 Å². The lowest BCUT2D eigenvalue weighted by atomic mass is 10.2. The molecule has 3 aromatic rings. The Hall–Kier alpha value is -2.42. The molecule has 0 spiro atoms. The number of halogens is 2. The predicted octanol–water partition coefficient (Wildman–Crippen LogP) is 3.97. The molecule has 0 unspecified atom stereocenters. The molecule has 0 radical (unpaired) electrons. The summed E-state index contributed by atoms with van der Waals surface area (Å²) in [4.78, 5) is 21.4. The first-order chi connectivity index (χ1) is 14.6. The van der Waals surface area contributed by atoms with Crippen LogP contribution >= 0.6 is 23.4 Å². The van der Waals surface area contributed by atoms with Gasteiger partial charge in [-0.25, -0.2) is 4.39 Å². The van der Waals surface area contributed by atoms with Gasteiger partial charge in [-0.15, -0.1) is 11.8 Å². The van der Waals surface area contributed by atoms with Crippen molar-refractivity contribution in [2.24, 2.45) is 0 Å². The third-order valence-corrected chi connectivity index (χ3v) is 6.13. The number of aromatic nitrogens is 2. The highest BCUT2D eigenvalue weighted by Crippen LogP contribution is 2.22. The average Bonchev–Trinajstić information content (AvgIpc) is 3.22. The molecule has 0 saturated carbocycles. The lowest BCUT2D eigenvalue weighted by molar-refractivity contribution is -0.130. The number of carbonyl (C=O) groups excluding carboxylic acids is 1. The second kappa shape index (κ2) is 9.59. The first-order valence-corrected chi connectivity index (χ1v) is 10.9. The molecule has 0 atom stereocenters. The van der Waals surface area contributed by atoms with Crippen LogP contribution < -0.4 is 0 Å². The number of hydrogen-bond acceptors (Lipinski definition) is 6. The Bertz CT molecular complexity index is 1010. The molecule has 2 aromatic carbocycles. The third-order valence-electron chi connectivity index (χ3n) is 4.84. The fourth-order valence-electron chi connectivity index (χ4n) is 3.17. The molecule has 2 heterocycles. The van der Waals surface area contributed by atoms with Gasteiger partial charge in [-0.3, -0.25) is 9.69 Å². The van der Waals surface area contributed by atoms with Crippen LogP contribution in [0.3, 0.4) is 0 Å². The van der Waals surface area contributed by atoms with Crippen LogP contribution in [0.5, 0.6) is 0 Å². The van der Waals surface area contributed by atoms with Gasteiger partial charge in [-0.1, -0.05) is 28.9 Å². The molecule has 1 aliphatic rings. The van der Waals surface area contributed by atoms with Crippen molar-refractivity contribution in [2.45, 2.75) is 11.4 Å². The van der Waals surface area contributed by atoms with Crippen LogP contribution in [0, 0.1) is 5.82 Å². The monoisotopic (exact) mass is 446 g/mol. The van der Waals surface area contributed by atoms with E-state index >= 15 is 0 Å². The van der Waals surface area contributed by atoms with Crippen molar-refractivity contribution in [1.82, 2.24) is 19.9 Å². The van der Waals surface area contributed by atoms with Crippen LogP contribution in [0.2, 0.25) is 5.02 Å². The molecule has 1 amide bonds. The van der Waals surface area contributed by atoms with E-state index in [9.17, 15) is 9.18 Å². The Kier molecular flexibility index (Phi) is 6.66. The molecule has 156 valence electrons. The Balaban J connectivity index is 1.25. The van der Waals surface area contributed by atoms with E-state index in [2.05, 4.69) is 15.0 Å². The number of piperazine rings is 1. The van der Waals surface area contributed by atoms with Crippen molar-refractivity contribution < 1.29 is 13.7 Å². The normalized spacial score (nSPS) is 14.8. The number of carbonyl (C=O) groups is 1. The van der Waals surface area contributed by atoms with Crippen molar-refractivity contribution in [3.8, 4) is 11.4 Å². The summed E-state index contributed by atoms with van der Waals surface area (Å²) in [6, 6.07) is 13.8. The highest BCUT2D eigenvalue weighted by atomic mass is 35.5. The Morgan fingerprint density at radius 2 is 1.83 bits per heavy atom. The zero-order valence-corrected chi connectivity index (χ0v) is 17.7. The molecule has 1 aliphatic heterocycles. The van der Waals surface area contributed by atoms with Crippen molar-refractivity contribution in [3.05, 3.63) is 65.3 Å². The van der Waals surface area contributed by atoms with Crippen molar-refractivity contribution in [3.63, 3.8) is 0 Å². The van der Waals surface area contributed by atoms with E-state index < -0.39 is 0 Å². The molecular weight excluding hydrogens is 427 g/mol. The maximum atomic E-state index is 13.7. The lowest BCUT2D eigenvalue weighted by Crippen LogP contribution is -2.48. The summed E-state index contributed by atoms with van der Waals surface area (Å²) < 4.78 is 19.1. The van der Waals surface area contributed by atoms with Gasteiger partial charge in [-0.2, -0.15) is 4.98 Å². The summed E-state index contributed by atoms with van der Waals surface area (Å²) >= 11 is 7.14. The van der Waals surface area contributed by atoms with Gasteiger partial charge in [0.2, 0.25) is 17.6 Å². The first kappa shape index (κ1) is 20.8. The van der Waals surface area contributed by atoms with Gasteiger partial charge >= 0.3 is 0 Å². The first-order valence-electron chi connectivity index (χ1n) is 9.54. The van der Waals surface area contributed by atoms with E-state index in [1.807, 2.05) is 17.0 Å². The van der Waals surface area contributed by atoms with E-state index in [-0.39, 0.29) is 17.5 Å².